The molecule has 124 valence electrons. The van der Waals surface area contributed by atoms with Crippen LogP contribution in [0.5, 0.6) is 5.75 Å². The van der Waals surface area contributed by atoms with E-state index in [1.165, 1.54) is 6.07 Å². The van der Waals surface area contributed by atoms with Crippen LogP contribution in [0.1, 0.15) is 37.9 Å². The van der Waals surface area contributed by atoms with Crippen LogP contribution in [0.25, 0.3) is 0 Å². The van der Waals surface area contributed by atoms with E-state index in [9.17, 15) is 4.39 Å². The molecule has 6 heteroatoms. The molecule has 0 aliphatic carbocycles. The highest BCUT2D eigenvalue weighted by molar-refractivity contribution is 5.23. The van der Waals surface area contributed by atoms with E-state index in [0.717, 1.165) is 32.3 Å². The first-order valence-corrected chi connectivity index (χ1v) is 8.05. The van der Waals surface area contributed by atoms with E-state index in [1.54, 1.807) is 18.2 Å². The molecule has 3 rings (SSSR count). The summed E-state index contributed by atoms with van der Waals surface area (Å²) in [5.41, 5.74) is 0. The van der Waals surface area contributed by atoms with Gasteiger partial charge in [-0.05, 0) is 37.3 Å². The molecular formula is C17H21FN2O3. The SMILES string of the molecule is CC[C@H]1C[C@@H](Cc2nc(COc3ccccc3F)no2)CCO1. The van der Waals surface area contributed by atoms with Crippen molar-refractivity contribution in [3.05, 3.63) is 41.8 Å². The largest absolute Gasteiger partial charge is 0.482 e. The maximum Gasteiger partial charge on any atom is 0.227 e. The van der Waals surface area contributed by atoms with Crippen LogP contribution in [-0.2, 0) is 17.8 Å². The molecule has 0 radical (unpaired) electrons. The average Bonchev–Trinajstić information content (AvgIpc) is 3.02. The second-order valence-electron chi connectivity index (χ2n) is 5.82. The molecule has 0 unspecified atom stereocenters. The van der Waals surface area contributed by atoms with Crippen molar-refractivity contribution in [3.8, 4) is 5.75 Å². The van der Waals surface area contributed by atoms with Gasteiger partial charge < -0.3 is 14.0 Å². The highest BCUT2D eigenvalue weighted by atomic mass is 19.1. The standard InChI is InChI=1S/C17H21FN2O3/c1-2-13-9-12(7-8-21-13)10-17-19-16(20-23-17)11-22-15-6-4-3-5-14(15)18/h3-6,12-13H,2,7-11H2,1H3/t12-,13-/m0/s1. The Bertz CT molecular complexity index is 632. The molecule has 1 aliphatic rings. The average molecular weight is 320 g/mol. The van der Waals surface area contributed by atoms with Crippen molar-refractivity contribution < 1.29 is 18.4 Å². The minimum Gasteiger partial charge on any atom is -0.482 e. The van der Waals surface area contributed by atoms with Crippen molar-refractivity contribution in [3.63, 3.8) is 0 Å². The van der Waals surface area contributed by atoms with E-state index in [-0.39, 0.29) is 12.4 Å². The van der Waals surface area contributed by atoms with Gasteiger partial charge in [-0.2, -0.15) is 4.98 Å². The Labute approximate surface area is 134 Å². The van der Waals surface area contributed by atoms with Crippen molar-refractivity contribution >= 4 is 0 Å². The summed E-state index contributed by atoms with van der Waals surface area (Å²) in [5, 5.41) is 3.90. The quantitative estimate of drug-likeness (QED) is 0.815. The summed E-state index contributed by atoms with van der Waals surface area (Å²) in [6.45, 7) is 3.02. The first-order valence-electron chi connectivity index (χ1n) is 8.05. The van der Waals surface area contributed by atoms with Gasteiger partial charge >= 0.3 is 0 Å². The summed E-state index contributed by atoms with van der Waals surface area (Å²) in [5.74, 6) is 1.34. The van der Waals surface area contributed by atoms with E-state index in [1.807, 2.05) is 0 Å². The van der Waals surface area contributed by atoms with Gasteiger partial charge in [-0.15, -0.1) is 0 Å². The molecule has 2 aromatic rings. The molecule has 0 N–H and O–H groups in total. The molecule has 0 spiro atoms. The lowest BCUT2D eigenvalue weighted by molar-refractivity contribution is -0.0115. The molecule has 2 heterocycles. The Morgan fingerprint density at radius 2 is 2.22 bits per heavy atom. The van der Waals surface area contributed by atoms with Gasteiger partial charge in [-0.25, -0.2) is 4.39 Å². The highest BCUT2D eigenvalue weighted by Gasteiger charge is 2.23. The van der Waals surface area contributed by atoms with E-state index in [4.69, 9.17) is 14.0 Å². The minimum absolute atomic E-state index is 0.0931. The second-order valence-corrected chi connectivity index (χ2v) is 5.82. The summed E-state index contributed by atoms with van der Waals surface area (Å²) in [6, 6.07) is 6.26. The summed E-state index contributed by atoms with van der Waals surface area (Å²) in [7, 11) is 0. The topological polar surface area (TPSA) is 57.4 Å². The van der Waals surface area contributed by atoms with Crippen molar-refractivity contribution in [1.29, 1.82) is 0 Å². The summed E-state index contributed by atoms with van der Waals surface area (Å²) >= 11 is 0. The molecular weight excluding hydrogens is 299 g/mol. The number of para-hydroxylation sites is 1. The van der Waals surface area contributed by atoms with Gasteiger partial charge in [0, 0.05) is 13.0 Å². The van der Waals surface area contributed by atoms with Crippen molar-refractivity contribution in [2.75, 3.05) is 6.61 Å². The molecule has 2 atom stereocenters. The predicted molar refractivity (Wildman–Crippen MR) is 81.5 cm³/mol. The Hall–Kier alpha value is -1.95. The third-order valence-corrected chi connectivity index (χ3v) is 4.10. The number of halogens is 1. The maximum atomic E-state index is 13.5. The summed E-state index contributed by atoms with van der Waals surface area (Å²) in [6.07, 6.45) is 4.16. The number of rotatable bonds is 6. The van der Waals surface area contributed by atoms with Gasteiger partial charge in [-0.1, -0.05) is 24.2 Å². The number of hydrogen-bond donors (Lipinski definition) is 0. The summed E-state index contributed by atoms with van der Waals surface area (Å²) < 4.78 is 29.8. The predicted octanol–water partition coefficient (Wildman–Crippen LogP) is 3.54. The van der Waals surface area contributed by atoms with Gasteiger partial charge in [0.05, 0.1) is 6.10 Å². The smallest absolute Gasteiger partial charge is 0.227 e. The first kappa shape index (κ1) is 15.9. The molecule has 0 saturated carbocycles. The molecule has 1 saturated heterocycles. The first-order chi connectivity index (χ1) is 11.2. The number of aromatic nitrogens is 2. The fraction of sp³-hybridized carbons (Fsp3) is 0.529. The molecule has 1 aromatic heterocycles. The fourth-order valence-electron chi connectivity index (χ4n) is 2.81. The lowest BCUT2D eigenvalue weighted by Crippen LogP contribution is -2.26. The third-order valence-electron chi connectivity index (χ3n) is 4.10. The van der Waals surface area contributed by atoms with E-state index < -0.39 is 5.82 Å². The number of nitrogens with zero attached hydrogens (tertiary/aromatic N) is 2. The molecule has 5 nitrogen and oxygen atoms in total. The van der Waals surface area contributed by atoms with Gasteiger partial charge in [0.25, 0.3) is 0 Å². The van der Waals surface area contributed by atoms with Crippen LogP contribution in [0.3, 0.4) is 0 Å². The zero-order valence-electron chi connectivity index (χ0n) is 13.2. The minimum atomic E-state index is -0.399. The molecule has 1 aromatic carbocycles. The zero-order chi connectivity index (χ0) is 16.1. The Morgan fingerprint density at radius 1 is 1.35 bits per heavy atom. The highest BCUT2D eigenvalue weighted by Crippen LogP contribution is 2.25. The van der Waals surface area contributed by atoms with Crippen LogP contribution in [0.4, 0.5) is 4.39 Å². The van der Waals surface area contributed by atoms with Crippen LogP contribution in [0, 0.1) is 11.7 Å². The van der Waals surface area contributed by atoms with Gasteiger partial charge in [0.15, 0.2) is 18.2 Å². The summed E-state index contributed by atoms with van der Waals surface area (Å²) in [4.78, 5) is 4.33. The van der Waals surface area contributed by atoms with Crippen LogP contribution in [-0.4, -0.2) is 22.9 Å². The molecule has 23 heavy (non-hydrogen) atoms. The Kier molecular flexibility index (Phi) is 5.23. The fourth-order valence-corrected chi connectivity index (χ4v) is 2.81. The van der Waals surface area contributed by atoms with Crippen molar-refractivity contribution in [1.82, 2.24) is 10.1 Å². The number of hydrogen-bond acceptors (Lipinski definition) is 5. The van der Waals surface area contributed by atoms with Gasteiger partial charge in [0.2, 0.25) is 11.7 Å². The van der Waals surface area contributed by atoms with Crippen LogP contribution >= 0.6 is 0 Å². The lowest BCUT2D eigenvalue weighted by Gasteiger charge is -2.27. The van der Waals surface area contributed by atoms with E-state index >= 15 is 0 Å². The van der Waals surface area contributed by atoms with Gasteiger partial charge in [-0.3, -0.25) is 0 Å². The van der Waals surface area contributed by atoms with Crippen LogP contribution < -0.4 is 4.74 Å². The number of ether oxygens (including phenoxy) is 2. The molecule has 1 aliphatic heterocycles. The van der Waals surface area contributed by atoms with E-state index in [0.29, 0.717) is 23.7 Å². The Balaban J connectivity index is 1.53. The van der Waals surface area contributed by atoms with Gasteiger partial charge in [0.1, 0.15) is 0 Å². The number of benzene rings is 1. The maximum absolute atomic E-state index is 13.5. The van der Waals surface area contributed by atoms with Crippen molar-refractivity contribution in [2.24, 2.45) is 5.92 Å². The molecule has 0 amide bonds. The Morgan fingerprint density at radius 3 is 3.04 bits per heavy atom. The third kappa shape index (κ3) is 4.28. The zero-order valence-corrected chi connectivity index (χ0v) is 13.2. The molecule has 0 bridgehead atoms. The van der Waals surface area contributed by atoms with Crippen LogP contribution in [0.15, 0.2) is 28.8 Å². The van der Waals surface area contributed by atoms with Crippen LogP contribution in [0.2, 0.25) is 0 Å². The lowest BCUT2D eigenvalue weighted by atomic mass is 9.91. The van der Waals surface area contributed by atoms with Crippen molar-refractivity contribution in [2.45, 2.75) is 45.3 Å². The molecule has 1 fully saturated rings. The second kappa shape index (κ2) is 7.55. The monoisotopic (exact) mass is 320 g/mol. The van der Waals surface area contributed by atoms with E-state index in [2.05, 4.69) is 17.1 Å². The normalized spacial score (nSPS) is 21.3.